The molecule has 0 aromatic rings. The number of ether oxygens (including phenoxy) is 2. The fourth-order valence-corrected chi connectivity index (χ4v) is 1.79. The number of carbonyl (C=O) groups excluding carboxylic acids is 1. The van der Waals surface area contributed by atoms with Crippen LogP contribution in [0.15, 0.2) is 0 Å². The summed E-state index contributed by atoms with van der Waals surface area (Å²) in [5.41, 5.74) is 0. The predicted octanol–water partition coefficient (Wildman–Crippen LogP) is 1.05. The lowest BCUT2D eigenvalue weighted by molar-refractivity contribution is -0.153. The summed E-state index contributed by atoms with van der Waals surface area (Å²) in [6.07, 6.45) is 0.694. The second-order valence-corrected chi connectivity index (χ2v) is 4.07. The first-order valence-corrected chi connectivity index (χ1v) is 5.55. The summed E-state index contributed by atoms with van der Waals surface area (Å²) in [6.45, 7) is 7.16. The van der Waals surface area contributed by atoms with Crippen molar-refractivity contribution in [2.75, 3.05) is 20.3 Å². The quantitative estimate of drug-likeness (QED) is 0.706. The topological polar surface area (TPSA) is 38.8 Å². The van der Waals surface area contributed by atoms with Crippen LogP contribution in [0.25, 0.3) is 0 Å². The summed E-state index contributed by atoms with van der Waals surface area (Å²) < 4.78 is 10.6. The van der Waals surface area contributed by atoms with E-state index in [1.165, 1.54) is 0 Å². The van der Waals surface area contributed by atoms with Gasteiger partial charge in [0.2, 0.25) is 0 Å². The van der Waals surface area contributed by atoms with Crippen molar-refractivity contribution >= 4 is 5.91 Å². The number of nitrogens with zero attached hydrogens (tertiary/aromatic N) is 1. The second-order valence-electron chi connectivity index (χ2n) is 4.07. The van der Waals surface area contributed by atoms with E-state index < -0.39 is 0 Å². The molecule has 1 aliphatic heterocycles. The molecular weight excluding hydrogens is 194 g/mol. The summed E-state index contributed by atoms with van der Waals surface area (Å²) in [5.74, 6) is 0.0690. The van der Waals surface area contributed by atoms with Crippen molar-refractivity contribution < 1.29 is 14.3 Å². The summed E-state index contributed by atoms with van der Waals surface area (Å²) >= 11 is 0. The van der Waals surface area contributed by atoms with Gasteiger partial charge in [-0.25, -0.2) is 0 Å². The second kappa shape index (κ2) is 5.47. The minimum Gasteiger partial charge on any atom is -0.375 e. The molecule has 3 atom stereocenters. The van der Waals surface area contributed by atoms with Crippen LogP contribution in [0.2, 0.25) is 0 Å². The van der Waals surface area contributed by atoms with Crippen LogP contribution >= 0.6 is 0 Å². The zero-order chi connectivity index (χ0) is 11.4. The van der Waals surface area contributed by atoms with Gasteiger partial charge in [-0.1, -0.05) is 6.92 Å². The molecule has 0 bridgehead atoms. The van der Waals surface area contributed by atoms with Crippen molar-refractivity contribution in [1.82, 2.24) is 4.90 Å². The molecule has 1 amide bonds. The number of hydrogen-bond donors (Lipinski definition) is 0. The van der Waals surface area contributed by atoms with E-state index >= 15 is 0 Å². The zero-order valence-electron chi connectivity index (χ0n) is 10.0. The molecule has 1 fully saturated rings. The minimum absolute atomic E-state index is 0.0690. The molecule has 1 rings (SSSR count). The molecule has 0 aromatic carbocycles. The van der Waals surface area contributed by atoms with Crippen molar-refractivity contribution in [2.45, 2.75) is 45.4 Å². The minimum atomic E-state index is -0.357. The molecule has 0 N–H and O–H groups in total. The maximum atomic E-state index is 12.0. The Morgan fingerprint density at radius 2 is 2.33 bits per heavy atom. The van der Waals surface area contributed by atoms with Gasteiger partial charge in [0.25, 0.3) is 5.91 Å². The Morgan fingerprint density at radius 1 is 1.67 bits per heavy atom. The Bertz CT molecular complexity index is 220. The van der Waals surface area contributed by atoms with Gasteiger partial charge < -0.3 is 14.4 Å². The van der Waals surface area contributed by atoms with Crippen molar-refractivity contribution in [2.24, 2.45) is 0 Å². The van der Waals surface area contributed by atoms with Crippen LogP contribution in [0.3, 0.4) is 0 Å². The van der Waals surface area contributed by atoms with Gasteiger partial charge in [0.15, 0.2) is 0 Å². The lowest BCUT2D eigenvalue weighted by Gasteiger charge is -2.39. The van der Waals surface area contributed by atoms with E-state index in [9.17, 15) is 4.79 Å². The summed E-state index contributed by atoms with van der Waals surface area (Å²) in [6, 6.07) is 0.200. The molecule has 3 unspecified atom stereocenters. The largest absolute Gasteiger partial charge is 0.375 e. The summed E-state index contributed by atoms with van der Waals surface area (Å²) in [4.78, 5) is 13.9. The van der Waals surface area contributed by atoms with E-state index in [4.69, 9.17) is 9.47 Å². The Hall–Kier alpha value is -0.610. The van der Waals surface area contributed by atoms with Crippen LogP contribution in [-0.4, -0.2) is 49.3 Å². The average molecular weight is 215 g/mol. The van der Waals surface area contributed by atoms with E-state index in [0.717, 1.165) is 6.42 Å². The lowest BCUT2D eigenvalue weighted by Crippen LogP contribution is -2.54. The van der Waals surface area contributed by atoms with Crippen LogP contribution in [-0.2, 0) is 14.3 Å². The first-order valence-electron chi connectivity index (χ1n) is 5.55. The number of hydrogen-bond acceptors (Lipinski definition) is 3. The van der Waals surface area contributed by atoms with Gasteiger partial charge in [-0.2, -0.15) is 0 Å². The van der Waals surface area contributed by atoms with Gasteiger partial charge in [0, 0.05) is 13.7 Å². The number of morpholine rings is 1. The average Bonchev–Trinajstić information content (AvgIpc) is 2.27. The number of amides is 1. The Labute approximate surface area is 91.5 Å². The highest BCUT2D eigenvalue weighted by molar-refractivity contribution is 5.81. The Kier molecular flexibility index (Phi) is 4.54. The molecule has 0 radical (unpaired) electrons. The van der Waals surface area contributed by atoms with Crippen molar-refractivity contribution in [3.05, 3.63) is 0 Å². The van der Waals surface area contributed by atoms with Crippen LogP contribution in [0.5, 0.6) is 0 Å². The molecule has 1 aliphatic rings. The molecule has 0 aromatic heterocycles. The zero-order valence-corrected chi connectivity index (χ0v) is 10.0. The standard InChI is InChI=1S/C11H21NO3/c1-5-10-7-15-8(2)6-12(10)11(13)9(3)14-4/h8-10H,5-7H2,1-4H3. The lowest BCUT2D eigenvalue weighted by atomic mass is 10.1. The van der Waals surface area contributed by atoms with Crippen molar-refractivity contribution in [3.63, 3.8) is 0 Å². The van der Waals surface area contributed by atoms with E-state index in [1.807, 2.05) is 11.8 Å². The highest BCUT2D eigenvalue weighted by Gasteiger charge is 2.31. The molecular formula is C11H21NO3. The number of methoxy groups -OCH3 is 1. The number of rotatable bonds is 3. The van der Waals surface area contributed by atoms with Crippen LogP contribution < -0.4 is 0 Å². The van der Waals surface area contributed by atoms with Crippen molar-refractivity contribution in [1.29, 1.82) is 0 Å². The molecule has 0 spiro atoms. The maximum absolute atomic E-state index is 12.0. The molecule has 1 heterocycles. The third-order valence-electron chi connectivity index (χ3n) is 2.92. The molecule has 1 saturated heterocycles. The van der Waals surface area contributed by atoms with Gasteiger partial charge in [0.05, 0.1) is 18.8 Å². The molecule has 4 nitrogen and oxygen atoms in total. The fraction of sp³-hybridized carbons (Fsp3) is 0.909. The first-order chi connectivity index (χ1) is 7.10. The third-order valence-corrected chi connectivity index (χ3v) is 2.92. The molecule has 0 saturated carbocycles. The first kappa shape index (κ1) is 12.5. The van der Waals surface area contributed by atoms with Gasteiger partial charge >= 0.3 is 0 Å². The van der Waals surface area contributed by atoms with E-state index in [2.05, 4.69) is 6.92 Å². The molecule has 15 heavy (non-hydrogen) atoms. The smallest absolute Gasteiger partial charge is 0.251 e. The third kappa shape index (κ3) is 2.92. The molecule has 4 heteroatoms. The summed E-state index contributed by atoms with van der Waals surface area (Å²) in [7, 11) is 1.56. The van der Waals surface area contributed by atoms with Crippen molar-refractivity contribution in [3.8, 4) is 0 Å². The SMILES string of the molecule is CCC1COC(C)CN1C(=O)C(C)OC. The van der Waals surface area contributed by atoms with Gasteiger partial charge in [0.1, 0.15) is 6.10 Å². The predicted molar refractivity (Wildman–Crippen MR) is 57.7 cm³/mol. The Morgan fingerprint density at radius 3 is 2.87 bits per heavy atom. The number of carbonyl (C=O) groups is 1. The molecule has 0 aliphatic carbocycles. The van der Waals surface area contributed by atoms with E-state index in [-0.39, 0.29) is 24.2 Å². The normalized spacial score (nSPS) is 28.9. The highest BCUT2D eigenvalue weighted by atomic mass is 16.5. The highest BCUT2D eigenvalue weighted by Crippen LogP contribution is 2.16. The van der Waals surface area contributed by atoms with Gasteiger partial charge in [-0.05, 0) is 20.3 Å². The van der Waals surface area contributed by atoms with E-state index in [1.54, 1.807) is 14.0 Å². The fourth-order valence-electron chi connectivity index (χ4n) is 1.79. The maximum Gasteiger partial charge on any atom is 0.251 e. The van der Waals surface area contributed by atoms with Crippen LogP contribution in [0, 0.1) is 0 Å². The Balaban J connectivity index is 2.66. The van der Waals surface area contributed by atoms with E-state index in [0.29, 0.717) is 13.2 Å². The van der Waals surface area contributed by atoms with Gasteiger partial charge in [-0.15, -0.1) is 0 Å². The van der Waals surface area contributed by atoms with Crippen LogP contribution in [0.4, 0.5) is 0 Å². The summed E-state index contributed by atoms with van der Waals surface area (Å²) in [5, 5.41) is 0. The monoisotopic (exact) mass is 215 g/mol. The van der Waals surface area contributed by atoms with Crippen LogP contribution in [0.1, 0.15) is 27.2 Å². The molecule has 88 valence electrons. The van der Waals surface area contributed by atoms with Gasteiger partial charge in [-0.3, -0.25) is 4.79 Å².